The van der Waals surface area contributed by atoms with Gasteiger partial charge in [-0.25, -0.2) is 0 Å². The molecule has 0 saturated carbocycles. The average Bonchev–Trinajstić information content (AvgIpc) is 3.07. The molecule has 0 spiro atoms. The lowest BCUT2D eigenvalue weighted by Crippen LogP contribution is -2.28. The third kappa shape index (κ3) is 3.17. The van der Waals surface area contributed by atoms with Gasteiger partial charge in [0.15, 0.2) is 0 Å². The van der Waals surface area contributed by atoms with Crippen LogP contribution in [0.3, 0.4) is 0 Å². The summed E-state index contributed by atoms with van der Waals surface area (Å²) in [6, 6.07) is 15.6. The largest absolute Gasteiger partial charge is 0.341 e. The number of rotatable bonds is 4. The van der Waals surface area contributed by atoms with Crippen LogP contribution in [0.5, 0.6) is 0 Å². The summed E-state index contributed by atoms with van der Waals surface area (Å²) in [7, 11) is 0. The van der Waals surface area contributed by atoms with E-state index in [0.717, 1.165) is 13.0 Å². The number of anilines is 2. The monoisotopic (exact) mass is 370 g/mol. The van der Waals surface area contributed by atoms with E-state index in [1.54, 1.807) is 0 Å². The lowest BCUT2D eigenvalue weighted by atomic mass is 9.95. The van der Waals surface area contributed by atoms with Crippen LogP contribution in [0.15, 0.2) is 46.9 Å². The maximum Gasteiger partial charge on any atom is 0.0447 e. The first-order valence-corrected chi connectivity index (χ1v) is 9.47. The first-order chi connectivity index (χ1) is 11.3. The second-order valence-electron chi connectivity index (χ2n) is 6.63. The van der Waals surface area contributed by atoms with E-state index in [9.17, 15) is 0 Å². The van der Waals surface area contributed by atoms with Gasteiger partial charge in [0.2, 0.25) is 0 Å². The quantitative estimate of drug-likeness (QED) is 0.748. The van der Waals surface area contributed by atoms with Gasteiger partial charge < -0.3 is 9.80 Å². The molecule has 1 fully saturated rings. The van der Waals surface area contributed by atoms with Crippen molar-refractivity contribution in [2.24, 2.45) is 0 Å². The van der Waals surface area contributed by atoms with E-state index in [-0.39, 0.29) is 0 Å². The Morgan fingerprint density at radius 2 is 1.65 bits per heavy atom. The number of para-hydroxylation sites is 1. The maximum atomic E-state index is 3.62. The minimum absolute atomic E-state index is 1.04. The first kappa shape index (κ1) is 15.2. The van der Waals surface area contributed by atoms with Crippen LogP contribution in [-0.4, -0.2) is 31.1 Å². The number of halogens is 1. The highest BCUT2D eigenvalue weighted by atomic mass is 79.9. The van der Waals surface area contributed by atoms with Gasteiger partial charge in [0.1, 0.15) is 0 Å². The van der Waals surface area contributed by atoms with Gasteiger partial charge in [0, 0.05) is 28.8 Å². The molecular formula is C20H23BrN2. The van der Waals surface area contributed by atoms with Gasteiger partial charge in [-0.3, -0.25) is 0 Å². The molecule has 0 aromatic heterocycles. The number of hydrogen-bond acceptors (Lipinski definition) is 2. The minimum atomic E-state index is 1.04. The van der Waals surface area contributed by atoms with Gasteiger partial charge in [-0.1, -0.05) is 34.1 Å². The SMILES string of the molecule is Brc1ccc2c(c1)Cc1ccccc1N2CCCN1CCCC1. The molecule has 0 bridgehead atoms. The molecule has 2 aromatic carbocycles. The standard InChI is InChI=1S/C20H23BrN2/c21-18-8-9-20-17(15-18)14-16-6-1-2-7-19(16)23(20)13-5-12-22-10-3-4-11-22/h1-2,6-9,15H,3-5,10-14H2. The Morgan fingerprint density at radius 1 is 0.870 bits per heavy atom. The van der Waals surface area contributed by atoms with Crippen LogP contribution < -0.4 is 4.90 Å². The Balaban J connectivity index is 1.57. The molecule has 0 aliphatic carbocycles. The number of likely N-dealkylation sites (tertiary alicyclic amines) is 1. The van der Waals surface area contributed by atoms with Gasteiger partial charge in [-0.05, 0) is 74.3 Å². The zero-order valence-electron chi connectivity index (χ0n) is 13.5. The Labute approximate surface area is 147 Å². The molecule has 23 heavy (non-hydrogen) atoms. The number of fused-ring (bicyclic) bond motifs is 2. The van der Waals surface area contributed by atoms with Crippen LogP contribution in [0.2, 0.25) is 0 Å². The third-order valence-electron chi connectivity index (χ3n) is 5.05. The molecule has 0 radical (unpaired) electrons. The van der Waals surface area contributed by atoms with Crippen LogP contribution >= 0.6 is 15.9 Å². The van der Waals surface area contributed by atoms with E-state index in [1.165, 1.54) is 65.9 Å². The fourth-order valence-corrected chi connectivity index (χ4v) is 4.33. The lowest BCUT2D eigenvalue weighted by Gasteiger charge is -2.34. The molecule has 2 nitrogen and oxygen atoms in total. The van der Waals surface area contributed by atoms with Crippen molar-refractivity contribution in [1.29, 1.82) is 0 Å². The molecule has 2 aliphatic rings. The predicted octanol–water partition coefficient (Wildman–Crippen LogP) is 4.98. The van der Waals surface area contributed by atoms with Crippen molar-refractivity contribution in [2.45, 2.75) is 25.7 Å². The molecule has 0 amide bonds. The summed E-state index contributed by atoms with van der Waals surface area (Å²) in [5, 5.41) is 0. The van der Waals surface area contributed by atoms with E-state index in [1.807, 2.05) is 0 Å². The average molecular weight is 371 g/mol. The number of hydrogen-bond donors (Lipinski definition) is 0. The summed E-state index contributed by atoms with van der Waals surface area (Å²) in [4.78, 5) is 5.13. The van der Waals surface area contributed by atoms with E-state index in [4.69, 9.17) is 0 Å². The van der Waals surface area contributed by atoms with E-state index in [0.29, 0.717) is 0 Å². The smallest absolute Gasteiger partial charge is 0.0447 e. The summed E-state index contributed by atoms with van der Waals surface area (Å²) in [6.45, 7) is 4.91. The molecule has 2 heterocycles. The molecule has 1 saturated heterocycles. The van der Waals surface area contributed by atoms with E-state index in [2.05, 4.69) is 68.2 Å². The summed E-state index contributed by atoms with van der Waals surface area (Å²) in [6.07, 6.45) is 5.02. The van der Waals surface area contributed by atoms with E-state index >= 15 is 0 Å². The van der Waals surface area contributed by atoms with Crippen molar-refractivity contribution in [1.82, 2.24) is 4.90 Å². The first-order valence-electron chi connectivity index (χ1n) is 8.67. The van der Waals surface area contributed by atoms with Gasteiger partial charge in [-0.2, -0.15) is 0 Å². The second-order valence-corrected chi connectivity index (χ2v) is 7.55. The molecule has 2 aliphatic heterocycles. The van der Waals surface area contributed by atoms with Crippen LogP contribution in [0, 0.1) is 0 Å². The molecule has 4 rings (SSSR count). The van der Waals surface area contributed by atoms with Gasteiger partial charge >= 0.3 is 0 Å². The Kier molecular flexibility index (Phi) is 4.41. The normalized spacial score (nSPS) is 17.2. The van der Waals surface area contributed by atoms with Crippen molar-refractivity contribution in [3.63, 3.8) is 0 Å². The van der Waals surface area contributed by atoms with Crippen molar-refractivity contribution < 1.29 is 0 Å². The highest BCUT2D eigenvalue weighted by Crippen LogP contribution is 2.39. The zero-order valence-corrected chi connectivity index (χ0v) is 15.1. The highest BCUT2D eigenvalue weighted by molar-refractivity contribution is 9.10. The van der Waals surface area contributed by atoms with Crippen LogP contribution in [0.25, 0.3) is 0 Å². The maximum absolute atomic E-state index is 3.62. The van der Waals surface area contributed by atoms with Gasteiger partial charge in [0.25, 0.3) is 0 Å². The van der Waals surface area contributed by atoms with Crippen LogP contribution in [0.4, 0.5) is 11.4 Å². The second kappa shape index (κ2) is 6.66. The van der Waals surface area contributed by atoms with Gasteiger partial charge in [0.05, 0.1) is 0 Å². The van der Waals surface area contributed by atoms with Crippen molar-refractivity contribution in [2.75, 3.05) is 31.1 Å². The van der Waals surface area contributed by atoms with E-state index < -0.39 is 0 Å². The van der Waals surface area contributed by atoms with Crippen LogP contribution in [-0.2, 0) is 6.42 Å². The summed E-state index contributed by atoms with van der Waals surface area (Å²) in [5.74, 6) is 0. The lowest BCUT2D eigenvalue weighted by molar-refractivity contribution is 0.335. The zero-order chi connectivity index (χ0) is 15.6. The highest BCUT2D eigenvalue weighted by Gasteiger charge is 2.22. The summed E-state index contributed by atoms with van der Waals surface area (Å²) >= 11 is 3.62. The Morgan fingerprint density at radius 3 is 2.52 bits per heavy atom. The number of benzene rings is 2. The predicted molar refractivity (Wildman–Crippen MR) is 101 cm³/mol. The topological polar surface area (TPSA) is 6.48 Å². The molecule has 0 N–H and O–H groups in total. The summed E-state index contributed by atoms with van der Waals surface area (Å²) < 4.78 is 1.17. The van der Waals surface area contributed by atoms with Crippen molar-refractivity contribution in [3.8, 4) is 0 Å². The minimum Gasteiger partial charge on any atom is -0.341 e. The fraction of sp³-hybridized carbons (Fsp3) is 0.400. The Hall–Kier alpha value is -1.32. The Bertz CT molecular complexity index is 692. The molecular weight excluding hydrogens is 348 g/mol. The molecule has 3 heteroatoms. The molecule has 120 valence electrons. The van der Waals surface area contributed by atoms with Gasteiger partial charge in [-0.15, -0.1) is 0 Å². The molecule has 0 atom stereocenters. The summed E-state index contributed by atoms with van der Waals surface area (Å²) in [5.41, 5.74) is 5.65. The third-order valence-corrected chi connectivity index (χ3v) is 5.54. The van der Waals surface area contributed by atoms with Crippen LogP contribution in [0.1, 0.15) is 30.4 Å². The fourth-order valence-electron chi connectivity index (χ4n) is 3.92. The van der Waals surface area contributed by atoms with Crippen molar-refractivity contribution in [3.05, 3.63) is 58.1 Å². The molecule has 2 aromatic rings. The molecule has 0 unspecified atom stereocenters. The number of nitrogens with zero attached hydrogens (tertiary/aromatic N) is 2. The van der Waals surface area contributed by atoms with Crippen molar-refractivity contribution >= 4 is 27.3 Å².